The second-order valence-corrected chi connectivity index (χ2v) is 5.18. The summed E-state index contributed by atoms with van der Waals surface area (Å²) in [5.41, 5.74) is 7.62. The smallest absolute Gasteiger partial charge is 0.0615 e. The van der Waals surface area contributed by atoms with Crippen molar-refractivity contribution >= 4 is 0 Å². The second kappa shape index (κ2) is 9.08. The average Bonchev–Trinajstić information content (AvgIpc) is 2.44. The number of aryl methyl sites for hydroxylation is 1. The van der Waals surface area contributed by atoms with Crippen molar-refractivity contribution in [2.75, 3.05) is 26.8 Å². The van der Waals surface area contributed by atoms with Gasteiger partial charge in [-0.1, -0.05) is 37.3 Å². The van der Waals surface area contributed by atoms with Crippen LogP contribution < -0.4 is 5.73 Å². The van der Waals surface area contributed by atoms with Crippen molar-refractivity contribution in [2.24, 2.45) is 5.73 Å². The Morgan fingerprint density at radius 1 is 1.26 bits per heavy atom. The average molecular weight is 264 g/mol. The molecule has 3 heteroatoms. The molecule has 0 saturated carbocycles. The summed E-state index contributed by atoms with van der Waals surface area (Å²) in [5, 5.41) is 0. The molecule has 0 aliphatic rings. The standard InChI is InChI=1S/C16H28N2O/c1-4-18(14(2)13-19-3)12-16(17)11-10-15-8-6-5-7-9-15/h5-9,14,16H,4,10-13,17H2,1-3H3. The lowest BCUT2D eigenvalue weighted by Crippen LogP contribution is -2.44. The van der Waals surface area contributed by atoms with Crippen molar-refractivity contribution in [3.63, 3.8) is 0 Å². The number of hydrogen-bond acceptors (Lipinski definition) is 3. The van der Waals surface area contributed by atoms with E-state index < -0.39 is 0 Å². The third-order valence-electron chi connectivity index (χ3n) is 3.55. The Morgan fingerprint density at radius 3 is 2.53 bits per heavy atom. The van der Waals surface area contributed by atoms with Gasteiger partial charge in [-0.15, -0.1) is 0 Å². The maximum absolute atomic E-state index is 6.25. The molecule has 2 unspecified atom stereocenters. The molecular formula is C16H28N2O. The van der Waals surface area contributed by atoms with E-state index in [2.05, 4.69) is 49.1 Å². The minimum Gasteiger partial charge on any atom is -0.383 e. The zero-order chi connectivity index (χ0) is 14.1. The highest BCUT2D eigenvalue weighted by Crippen LogP contribution is 2.07. The molecule has 2 N–H and O–H groups in total. The Bertz CT molecular complexity index is 329. The largest absolute Gasteiger partial charge is 0.383 e. The summed E-state index contributed by atoms with van der Waals surface area (Å²) in [5.74, 6) is 0. The van der Waals surface area contributed by atoms with Crippen LogP contribution in [0.2, 0.25) is 0 Å². The van der Waals surface area contributed by atoms with Crippen LogP contribution in [-0.2, 0) is 11.2 Å². The number of nitrogens with two attached hydrogens (primary N) is 1. The van der Waals surface area contributed by atoms with E-state index in [-0.39, 0.29) is 6.04 Å². The zero-order valence-corrected chi connectivity index (χ0v) is 12.5. The summed E-state index contributed by atoms with van der Waals surface area (Å²) < 4.78 is 5.21. The van der Waals surface area contributed by atoms with Crippen LogP contribution in [0, 0.1) is 0 Å². The molecule has 0 radical (unpaired) electrons. The van der Waals surface area contributed by atoms with E-state index in [1.165, 1.54) is 5.56 Å². The van der Waals surface area contributed by atoms with Crippen LogP contribution in [0.15, 0.2) is 30.3 Å². The van der Waals surface area contributed by atoms with E-state index in [1.807, 2.05) is 0 Å². The van der Waals surface area contributed by atoms with E-state index >= 15 is 0 Å². The Hall–Kier alpha value is -0.900. The van der Waals surface area contributed by atoms with E-state index in [1.54, 1.807) is 7.11 Å². The lowest BCUT2D eigenvalue weighted by atomic mass is 10.1. The molecule has 1 aromatic rings. The van der Waals surface area contributed by atoms with Gasteiger partial charge in [0.15, 0.2) is 0 Å². The summed E-state index contributed by atoms with van der Waals surface area (Å²) in [4.78, 5) is 2.39. The molecule has 0 spiro atoms. The number of nitrogens with zero attached hydrogens (tertiary/aromatic N) is 1. The SMILES string of the molecule is CCN(CC(N)CCc1ccccc1)C(C)COC. The molecule has 1 aromatic carbocycles. The van der Waals surface area contributed by atoms with Gasteiger partial charge in [-0.2, -0.15) is 0 Å². The predicted octanol–water partition coefficient (Wildman–Crippen LogP) is 2.30. The van der Waals surface area contributed by atoms with Crippen LogP contribution in [0.5, 0.6) is 0 Å². The molecule has 0 heterocycles. The van der Waals surface area contributed by atoms with Gasteiger partial charge in [-0.25, -0.2) is 0 Å². The van der Waals surface area contributed by atoms with Crippen molar-refractivity contribution < 1.29 is 4.74 Å². The Balaban J connectivity index is 2.34. The van der Waals surface area contributed by atoms with E-state index in [0.717, 1.165) is 32.5 Å². The predicted molar refractivity (Wildman–Crippen MR) is 81.3 cm³/mol. The second-order valence-electron chi connectivity index (χ2n) is 5.18. The minimum atomic E-state index is 0.222. The number of ether oxygens (including phenoxy) is 1. The molecule has 0 aliphatic heterocycles. The van der Waals surface area contributed by atoms with Gasteiger partial charge >= 0.3 is 0 Å². The van der Waals surface area contributed by atoms with E-state index in [4.69, 9.17) is 10.5 Å². The van der Waals surface area contributed by atoms with Gasteiger partial charge in [-0.3, -0.25) is 4.90 Å². The first-order valence-electron chi connectivity index (χ1n) is 7.19. The van der Waals surface area contributed by atoms with Crippen molar-refractivity contribution in [1.29, 1.82) is 0 Å². The Morgan fingerprint density at radius 2 is 1.95 bits per heavy atom. The summed E-state index contributed by atoms with van der Waals surface area (Å²) in [6, 6.07) is 11.2. The van der Waals surface area contributed by atoms with Crippen molar-refractivity contribution in [3.8, 4) is 0 Å². The highest BCUT2D eigenvalue weighted by molar-refractivity contribution is 5.14. The molecule has 0 amide bonds. The first-order valence-corrected chi connectivity index (χ1v) is 7.19. The van der Waals surface area contributed by atoms with E-state index in [9.17, 15) is 0 Å². The fourth-order valence-electron chi connectivity index (χ4n) is 2.36. The summed E-state index contributed by atoms with van der Waals surface area (Å²) in [7, 11) is 1.75. The number of methoxy groups -OCH3 is 1. The topological polar surface area (TPSA) is 38.5 Å². The van der Waals surface area contributed by atoms with Gasteiger partial charge in [0.2, 0.25) is 0 Å². The van der Waals surface area contributed by atoms with Crippen LogP contribution >= 0.6 is 0 Å². The normalized spacial score (nSPS) is 14.6. The van der Waals surface area contributed by atoms with Gasteiger partial charge in [0.1, 0.15) is 0 Å². The van der Waals surface area contributed by atoms with Crippen LogP contribution in [0.25, 0.3) is 0 Å². The third kappa shape index (κ3) is 6.19. The van der Waals surface area contributed by atoms with Gasteiger partial charge in [0.25, 0.3) is 0 Å². The van der Waals surface area contributed by atoms with Gasteiger partial charge in [0, 0.05) is 25.7 Å². The van der Waals surface area contributed by atoms with Crippen molar-refractivity contribution in [2.45, 2.75) is 38.8 Å². The first-order chi connectivity index (χ1) is 9.17. The summed E-state index contributed by atoms with van der Waals surface area (Å²) >= 11 is 0. The molecule has 3 nitrogen and oxygen atoms in total. The zero-order valence-electron chi connectivity index (χ0n) is 12.5. The number of benzene rings is 1. The first kappa shape index (κ1) is 16.2. The Labute approximate surface area is 117 Å². The fourth-order valence-corrected chi connectivity index (χ4v) is 2.36. The minimum absolute atomic E-state index is 0.222. The number of likely N-dealkylation sites (N-methyl/N-ethyl adjacent to an activating group) is 1. The number of hydrogen-bond donors (Lipinski definition) is 1. The maximum atomic E-state index is 6.25. The van der Waals surface area contributed by atoms with Crippen LogP contribution in [0.3, 0.4) is 0 Å². The van der Waals surface area contributed by atoms with Crippen LogP contribution in [0.4, 0.5) is 0 Å². The number of rotatable bonds is 9. The highest BCUT2D eigenvalue weighted by atomic mass is 16.5. The van der Waals surface area contributed by atoms with Crippen molar-refractivity contribution in [3.05, 3.63) is 35.9 Å². The van der Waals surface area contributed by atoms with Crippen molar-refractivity contribution in [1.82, 2.24) is 4.90 Å². The molecule has 0 bridgehead atoms. The lowest BCUT2D eigenvalue weighted by molar-refractivity contribution is 0.0980. The third-order valence-corrected chi connectivity index (χ3v) is 3.55. The molecule has 0 saturated heterocycles. The molecule has 0 aliphatic carbocycles. The van der Waals surface area contributed by atoms with Gasteiger partial charge < -0.3 is 10.5 Å². The molecule has 108 valence electrons. The molecule has 19 heavy (non-hydrogen) atoms. The van der Waals surface area contributed by atoms with Gasteiger partial charge in [0.05, 0.1) is 6.61 Å². The summed E-state index contributed by atoms with van der Waals surface area (Å²) in [6.45, 7) is 7.09. The molecule has 0 fully saturated rings. The maximum Gasteiger partial charge on any atom is 0.0615 e. The molecule has 1 rings (SSSR count). The van der Waals surface area contributed by atoms with Crippen LogP contribution in [0.1, 0.15) is 25.8 Å². The fraction of sp³-hybridized carbons (Fsp3) is 0.625. The van der Waals surface area contributed by atoms with E-state index in [0.29, 0.717) is 6.04 Å². The van der Waals surface area contributed by atoms with Crippen LogP contribution in [-0.4, -0.2) is 43.8 Å². The highest BCUT2D eigenvalue weighted by Gasteiger charge is 2.15. The lowest BCUT2D eigenvalue weighted by Gasteiger charge is -2.29. The quantitative estimate of drug-likeness (QED) is 0.744. The molecular weight excluding hydrogens is 236 g/mol. The summed E-state index contributed by atoms with van der Waals surface area (Å²) in [6.07, 6.45) is 2.08. The monoisotopic (exact) mass is 264 g/mol. The van der Waals surface area contributed by atoms with Gasteiger partial charge in [-0.05, 0) is 31.9 Å². The molecule has 0 aromatic heterocycles. The Kier molecular flexibility index (Phi) is 7.72. The molecule has 2 atom stereocenters.